The van der Waals surface area contributed by atoms with Crippen LogP contribution in [-0.4, -0.2) is 17.8 Å². The minimum Gasteiger partial charge on any atom is -0.423 e. The number of nitrogens with zero attached hydrogens (tertiary/aromatic N) is 1. The second-order valence-electron chi connectivity index (χ2n) is 6.25. The van der Waals surface area contributed by atoms with Crippen LogP contribution in [0.25, 0.3) is 6.08 Å². The molecular weight excluding hydrogens is 470 g/mol. The van der Waals surface area contributed by atoms with Gasteiger partial charge in [0.1, 0.15) is 5.75 Å². The first-order valence-electron chi connectivity index (χ1n) is 8.85. The van der Waals surface area contributed by atoms with Crippen molar-refractivity contribution in [3.63, 3.8) is 0 Å². The van der Waals surface area contributed by atoms with Crippen LogP contribution in [0.1, 0.15) is 21.5 Å². The Balaban J connectivity index is 1.51. The fourth-order valence-corrected chi connectivity index (χ4v) is 3.40. The van der Waals surface area contributed by atoms with E-state index in [1.807, 2.05) is 18.2 Å². The molecule has 3 aromatic rings. The lowest BCUT2D eigenvalue weighted by Crippen LogP contribution is -2.08. The van der Waals surface area contributed by atoms with Gasteiger partial charge in [-0.15, -0.1) is 0 Å². The zero-order valence-corrected chi connectivity index (χ0v) is 17.7. The SMILES string of the molecule is O=C1OC(c2ccccc2Br)=N/C1=C\c1ccc(OC(=O)c2ccccc2Cl)cc1. The molecule has 0 amide bonds. The average molecular weight is 483 g/mol. The molecule has 1 heterocycles. The van der Waals surface area contributed by atoms with Gasteiger partial charge in [0.2, 0.25) is 5.90 Å². The highest BCUT2D eigenvalue weighted by molar-refractivity contribution is 9.10. The van der Waals surface area contributed by atoms with Gasteiger partial charge in [-0.05, 0) is 64.0 Å². The van der Waals surface area contributed by atoms with E-state index in [1.54, 1.807) is 60.7 Å². The Kier molecular flexibility index (Phi) is 5.79. The largest absolute Gasteiger partial charge is 0.423 e. The van der Waals surface area contributed by atoms with Gasteiger partial charge in [-0.2, -0.15) is 0 Å². The maximum Gasteiger partial charge on any atom is 0.363 e. The molecule has 4 rings (SSSR count). The second kappa shape index (κ2) is 8.65. The third kappa shape index (κ3) is 4.35. The minimum absolute atomic E-state index is 0.182. The van der Waals surface area contributed by atoms with Gasteiger partial charge in [0.05, 0.1) is 16.1 Å². The lowest BCUT2D eigenvalue weighted by atomic mass is 10.2. The number of aliphatic imine (C=N–C) groups is 1. The number of ether oxygens (including phenoxy) is 2. The molecule has 1 aliphatic rings. The van der Waals surface area contributed by atoms with E-state index in [-0.39, 0.29) is 17.2 Å². The van der Waals surface area contributed by atoms with Crippen molar-refractivity contribution < 1.29 is 19.1 Å². The normalized spacial score (nSPS) is 14.4. The zero-order chi connectivity index (χ0) is 21.1. The fourth-order valence-electron chi connectivity index (χ4n) is 2.74. The first-order chi connectivity index (χ1) is 14.5. The molecule has 0 atom stereocenters. The molecule has 0 N–H and O–H groups in total. The molecule has 0 unspecified atom stereocenters. The van der Waals surface area contributed by atoms with E-state index in [2.05, 4.69) is 20.9 Å². The standard InChI is InChI=1S/C23H13BrClNO4/c24-18-7-3-1-5-16(18)21-26-20(23(28)30-21)13-14-9-11-15(12-10-14)29-22(27)17-6-2-4-8-19(17)25/h1-13H/b20-13-. The fraction of sp³-hybridized carbons (Fsp3) is 0. The van der Waals surface area contributed by atoms with Crippen molar-refractivity contribution in [2.75, 3.05) is 0 Å². The lowest BCUT2D eigenvalue weighted by Gasteiger charge is -2.06. The lowest BCUT2D eigenvalue weighted by molar-refractivity contribution is -0.129. The monoisotopic (exact) mass is 481 g/mol. The van der Waals surface area contributed by atoms with Gasteiger partial charge in [0, 0.05) is 4.47 Å². The number of carbonyl (C=O) groups is 2. The van der Waals surface area contributed by atoms with Crippen LogP contribution < -0.4 is 4.74 Å². The molecule has 0 saturated carbocycles. The van der Waals surface area contributed by atoms with Gasteiger partial charge in [-0.25, -0.2) is 14.6 Å². The van der Waals surface area contributed by atoms with E-state index in [4.69, 9.17) is 21.1 Å². The van der Waals surface area contributed by atoms with Crippen molar-refractivity contribution in [2.24, 2.45) is 4.99 Å². The highest BCUT2D eigenvalue weighted by Gasteiger charge is 2.25. The second-order valence-corrected chi connectivity index (χ2v) is 7.52. The van der Waals surface area contributed by atoms with Crippen LogP contribution in [0.3, 0.4) is 0 Å². The summed E-state index contributed by atoms with van der Waals surface area (Å²) < 4.78 is 11.4. The van der Waals surface area contributed by atoms with Crippen LogP contribution in [0.4, 0.5) is 0 Å². The van der Waals surface area contributed by atoms with Gasteiger partial charge in [-0.3, -0.25) is 0 Å². The molecule has 1 aliphatic heterocycles. The Hall–Kier alpha value is -3.22. The summed E-state index contributed by atoms with van der Waals surface area (Å²) in [6, 6.07) is 20.7. The first-order valence-corrected chi connectivity index (χ1v) is 10.0. The number of rotatable bonds is 4. The van der Waals surface area contributed by atoms with Crippen molar-refractivity contribution in [3.8, 4) is 5.75 Å². The molecule has 30 heavy (non-hydrogen) atoms. The Labute approximate surface area is 185 Å². The number of halogens is 2. The molecule has 0 aliphatic carbocycles. The van der Waals surface area contributed by atoms with E-state index in [9.17, 15) is 9.59 Å². The number of carbonyl (C=O) groups excluding carboxylic acids is 2. The molecule has 0 radical (unpaired) electrons. The molecule has 0 fully saturated rings. The van der Waals surface area contributed by atoms with Crippen molar-refractivity contribution in [1.29, 1.82) is 0 Å². The molecule has 0 spiro atoms. The average Bonchev–Trinajstić information content (AvgIpc) is 3.10. The summed E-state index contributed by atoms with van der Waals surface area (Å²) in [5, 5.41) is 0.322. The molecule has 0 aromatic heterocycles. The molecule has 148 valence electrons. The maximum absolute atomic E-state index is 12.2. The summed E-state index contributed by atoms with van der Waals surface area (Å²) in [5.41, 5.74) is 1.86. The van der Waals surface area contributed by atoms with E-state index < -0.39 is 11.9 Å². The summed E-state index contributed by atoms with van der Waals surface area (Å²) in [4.78, 5) is 28.7. The Bertz CT molecular complexity index is 1200. The van der Waals surface area contributed by atoms with Crippen molar-refractivity contribution in [3.05, 3.63) is 105 Å². The van der Waals surface area contributed by atoms with E-state index in [1.165, 1.54) is 0 Å². The number of hydrogen-bond acceptors (Lipinski definition) is 5. The Morgan fingerprint density at radius 3 is 2.43 bits per heavy atom. The highest BCUT2D eigenvalue weighted by atomic mass is 79.9. The van der Waals surface area contributed by atoms with Gasteiger partial charge >= 0.3 is 11.9 Å². The third-order valence-electron chi connectivity index (χ3n) is 4.21. The molecule has 3 aromatic carbocycles. The summed E-state index contributed by atoms with van der Waals surface area (Å²) in [7, 11) is 0. The van der Waals surface area contributed by atoms with Crippen molar-refractivity contribution >= 4 is 51.4 Å². The summed E-state index contributed by atoms with van der Waals surface area (Å²) in [6.07, 6.45) is 1.60. The van der Waals surface area contributed by atoms with E-state index in [0.29, 0.717) is 21.9 Å². The molecular formula is C23H13BrClNO4. The summed E-state index contributed by atoms with van der Waals surface area (Å²) >= 11 is 9.44. The van der Waals surface area contributed by atoms with Gasteiger partial charge in [-0.1, -0.05) is 48.0 Å². The van der Waals surface area contributed by atoms with Gasteiger partial charge < -0.3 is 9.47 Å². The van der Waals surface area contributed by atoms with Crippen molar-refractivity contribution in [1.82, 2.24) is 0 Å². The van der Waals surface area contributed by atoms with Crippen molar-refractivity contribution in [2.45, 2.75) is 0 Å². The Morgan fingerprint density at radius 2 is 1.70 bits per heavy atom. The van der Waals surface area contributed by atoms with Gasteiger partial charge in [0.15, 0.2) is 5.70 Å². The number of benzene rings is 3. The van der Waals surface area contributed by atoms with Crippen LogP contribution in [0, 0.1) is 0 Å². The van der Waals surface area contributed by atoms with E-state index >= 15 is 0 Å². The summed E-state index contributed by atoms with van der Waals surface area (Å²) in [5.74, 6) is -0.485. The predicted molar refractivity (Wildman–Crippen MR) is 118 cm³/mol. The minimum atomic E-state index is -0.547. The first kappa shape index (κ1) is 20.1. The number of hydrogen-bond donors (Lipinski definition) is 0. The molecule has 0 saturated heterocycles. The summed E-state index contributed by atoms with van der Waals surface area (Å²) in [6.45, 7) is 0. The third-order valence-corrected chi connectivity index (χ3v) is 5.23. The Morgan fingerprint density at radius 1 is 1.00 bits per heavy atom. The van der Waals surface area contributed by atoms with E-state index in [0.717, 1.165) is 4.47 Å². The van der Waals surface area contributed by atoms with Crippen LogP contribution >= 0.6 is 27.5 Å². The topological polar surface area (TPSA) is 65.0 Å². The van der Waals surface area contributed by atoms with Crippen LogP contribution in [0.15, 0.2) is 88.0 Å². The van der Waals surface area contributed by atoms with Crippen LogP contribution in [0.5, 0.6) is 5.75 Å². The molecule has 5 nitrogen and oxygen atoms in total. The highest BCUT2D eigenvalue weighted by Crippen LogP contribution is 2.25. The van der Waals surface area contributed by atoms with Crippen LogP contribution in [-0.2, 0) is 9.53 Å². The van der Waals surface area contributed by atoms with Gasteiger partial charge in [0.25, 0.3) is 0 Å². The predicted octanol–water partition coefficient (Wildman–Crippen LogP) is 5.67. The maximum atomic E-state index is 12.2. The zero-order valence-electron chi connectivity index (χ0n) is 15.3. The number of cyclic esters (lactones) is 1. The smallest absolute Gasteiger partial charge is 0.363 e. The quantitative estimate of drug-likeness (QED) is 0.273. The number of esters is 2. The van der Waals surface area contributed by atoms with Crippen LogP contribution in [0.2, 0.25) is 5.02 Å². The molecule has 0 bridgehead atoms. The molecule has 7 heteroatoms.